The standard InChI is InChI=1S/C24H25N5O2/c1-14-11-12-15(2)20(13-14)25-23(30)18(5)29-24(31)22-21(16(3)26-29)17(4)28(27-22)19-9-7-6-8-10-19/h6-13,18H,1-5H3,(H,25,30). The number of carbonyl (C=O) groups is 1. The van der Waals surface area contributed by atoms with E-state index < -0.39 is 6.04 Å². The van der Waals surface area contributed by atoms with Crippen LogP contribution in [0, 0.1) is 27.7 Å². The quantitative estimate of drug-likeness (QED) is 0.546. The number of nitrogens with zero attached hydrogens (tertiary/aromatic N) is 4. The maximum absolute atomic E-state index is 13.2. The summed E-state index contributed by atoms with van der Waals surface area (Å²) in [5, 5.41) is 12.7. The molecule has 4 aromatic rings. The summed E-state index contributed by atoms with van der Waals surface area (Å²) in [4.78, 5) is 26.2. The number of nitrogens with one attached hydrogen (secondary N) is 1. The van der Waals surface area contributed by atoms with Crippen LogP contribution in [-0.4, -0.2) is 25.5 Å². The molecule has 1 atom stereocenters. The van der Waals surface area contributed by atoms with Crippen LogP contribution in [0.2, 0.25) is 0 Å². The lowest BCUT2D eigenvalue weighted by atomic mass is 10.1. The van der Waals surface area contributed by atoms with Gasteiger partial charge in [0.25, 0.3) is 5.56 Å². The number of rotatable bonds is 4. The van der Waals surface area contributed by atoms with Crippen molar-refractivity contribution in [3.63, 3.8) is 0 Å². The Labute approximate surface area is 180 Å². The second kappa shape index (κ2) is 7.83. The van der Waals surface area contributed by atoms with Gasteiger partial charge >= 0.3 is 0 Å². The summed E-state index contributed by atoms with van der Waals surface area (Å²) in [6.45, 7) is 9.31. The fraction of sp³-hybridized carbons (Fsp3) is 0.250. The Morgan fingerprint density at radius 3 is 2.42 bits per heavy atom. The molecule has 1 unspecified atom stereocenters. The van der Waals surface area contributed by atoms with E-state index in [1.807, 2.05) is 76.2 Å². The molecular weight excluding hydrogens is 390 g/mol. The molecule has 0 bridgehead atoms. The number of para-hydroxylation sites is 1. The average Bonchev–Trinajstić information content (AvgIpc) is 3.11. The number of fused-ring (bicyclic) bond motifs is 1. The lowest BCUT2D eigenvalue weighted by molar-refractivity contribution is -0.119. The van der Waals surface area contributed by atoms with Gasteiger partial charge in [-0.1, -0.05) is 30.3 Å². The highest BCUT2D eigenvalue weighted by molar-refractivity contribution is 5.94. The fourth-order valence-electron chi connectivity index (χ4n) is 3.75. The van der Waals surface area contributed by atoms with Crippen LogP contribution in [0.1, 0.15) is 35.5 Å². The third kappa shape index (κ3) is 3.63. The minimum atomic E-state index is -0.794. The van der Waals surface area contributed by atoms with Crippen LogP contribution in [0.5, 0.6) is 0 Å². The molecule has 7 nitrogen and oxygen atoms in total. The van der Waals surface area contributed by atoms with Crippen molar-refractivity contribution in [3.8, 4) is 5.69 Å². The second-order valence-corrected chi connectivity index (χ2v) is 7.88. The van der Waals surface area contributed by atoms with Crippen LogP contribution >= 0.6 is 0 Å². The monoisotopic (exact) mass is 415 g/mol. The minimum Gasteiger partial charge on any atom is -0.324 e. The second-order valence-electron chi connectivity index (χ2n) is 7.88. The van der Waals surface area contributed by atoms with Crippen LogP contribution < -0.4 is 10.9 Å². The van der Waals surface area contributed by atoms with Gasteiger partial charge in [0.1, 0.15) is 6.04 Å². The maximum Gasteiger partial charge on any atom is 0.295 e. The summed E-state index contributed by atoms with van der Waals surface area (Å²) in [6, 6.07) is 14.7. The van der Waals surface area contributed by atoms with Gasteiger partial charge in [0.2, 0.25) is 5.91 Å². The van der Waals surface area contributed by atoms with Crippen LogP contribution in [-0.2, 0) is 4.79 Å². The molecule has 0 saturated heterocycles. The summed E-state index contributed by atoms with van der Waals surface area (Å²) < 4.78 is 2.96. The van der Waals surface area contributed by atoms with Crippen LogP contribution in [0.25, 0.3) is 16.6 Å². The number of hydrogen-bond donors (Lipinski definition) is 1. The van der Waals surface area contributed by atoms with Gasteiger partial charge in [-0.15, -0.1) is 0 Å². The minimum absolute atomic E-state index is 0.304. The highest BCUT2D eigenvalue weighted by Gasteiger charge is 2.23. The summed E-state index contributed by atoms with van der Waals surface area (Å²) >= 11 is 0. The molecule has 7 heteroatoms. The van der Waals surface area contributed by atoms with Gasteiger partial charge in [-0.3, -0.25) is 9.59 Å². The van der Waals surface area contributed by atoms with Crippen molar-refractivity contribution in [3.05, 3.63) is 81.4 Å². The molecule has 2 aromatic carbocycles. The van der Waals surface area contributed by atoms with E-state index >= 15 is 0 Å². The molecule has 0 radical (unpaired) electrons. The normalized spacial score (nSPS) is 12.2. The highest BCUT2D eigenvalue weighted by Crippen LogP contribution is 2.22. The number of anilines is 1. The van der Waals surface area contributed by atoms with Gasteiger partial charge in [-0.2, -0.15) is 10.2 Å². The lowest BCUT2D eigenvalue weighted by Gasteiger charge is -2.16. The van der Waals surface area contributed by atoms with E-state index in [1.165, 1.54) is 4.68 Å². The first-order valence-electron chi connectivity index (χ1n) is 10.2. The highest BCUT2D eigenvalue weighted by atomic mass is 16.2. The molecule has 158 valence electrons. The molecule has 0 spiro atoms. The van der Waals surface area contributed by atoms with Gasteiger partial charge in [0.15, 0.2) is 5.52 Å². The van der Waals surface area contributed by atoms with Crippen LogP contribution in [0.3, 0.4) is 0 Å². The third-order valence-corrected chi connectivity index (χ3v) is 5.54. The number of aryl methyl sites for hydroxylation is 4. The first-order valence-corrected chi connectivity index (χ1v) is 10.2. The molecule has 4 rings (SSSR count). The van der Waals surface area contributed by atoms with E-state index in [0.717, 1.165) is 28.2 Å². The van der Waals surface area contributed by atoms with Crippen molar-refractivity contribution >= 4 is 22.5 Å². The first-order chi connectivity index (χ1) is 14.8. The molecule has 1 N–H and O–H groups in total. The fourth-order valence-corrected chi connectivity index (χ4v) is 3.75. The number of amides is 1. The smallest absolute Gasteiger partial charge is 0.295 e. The van der Waals surface area contributed by atoms with Crippen molar-refractivity contribution < 1.29 is 4.79 Å². The number of carbonyl (C=O) groups excluding carboxylic acids is 1. The van der Waals surface area contributed by atoms with Crippen molar-refractivity contribution in [1.29, 1.82) is 0 Å². The van der Waals surface area contributed by atoms with E-state index in [2.05, 4.69) is 15.5 Å². The summed E-state index contributed by atoms with van der Waals surface area (Å²) in [5.74, 6) is -0.304. The topological polar surface area (TPSA) is 81.8 Å². The van der Waals surface area contributed by atoms with Gasteiger partial charge < -0.3 is 5.32 Å². The molecule has 0 aliphatic rings. The van der Waals surface area contributed by atoms with E-state index in [-0.39, 0.29) is 11.5 Å². The van der Waals surface area contributed by atoms with E-state index in [9.17, 15) is 9.59 Å². The molecule has 0 fully saturated rings. The SMILES string of the molecule is Cc1ccc(C)c(NC(=O)C(C)n2nc(C)c3c(C)n(-c4ccccc4)nc3c2=O)c1. The molecule has 0 aliphatic heterocycles. The zero-order valence-corrected chi connectivity index (χ0v) is 18.3. The van der Waals surface area contributed by atoms with E-state index in [4.69, 9.17) is 0 Å². The molecular formula is C24H25N5O2. The first kappa shape index (κ1) is 20.5. The van der Waals surface area contributed by atoms with Gasteiger partial charge in [0, 0.05) is 5.69 Å². The molecule has 31 heavy (non-hydrogen) atoms. The molecule has 1 amide bonds. The van der Waals surface area contributed by atoms with E-state index in [0.29, 0.717) is 16.6 Å². The molecule has 0 saturated carbocycles. The van der Waals surface area contributed by atoms with Crippen molar-refractivity contribution in [2.75, 3.05) is 5.32 Å². The number of benzene rings is 2. The third-order valence-electron chi connectivity index (χ3n) is 5.54. The number of hydrogen-bond acceptors (Lipinski definition) is 4. The van der Waals surface area contributed by atoms with Gasteiger partial charge in [0.05, 0.1) is 22.5 Å². The lowest BCUT2D eigenvalue weighted by Crippen LogP contribution is -2.34. The van der Waals surface area contributed by atoms with Gasteiger partial charge in [-0.05, 0) is 63.9 Å². The van der Waals surface area contributed by atoms with Crippen molar-refractivity contribution in [2.24, 2.45) is 0 Å². The van der Waals surface area contributed by atoms with Crippen LogP contribution in [0.4, 0.5) is 5.69 Å². The Kier molecular flexibility index (Phi) is 5.19. The zero-order chi connectivity index (χ0) is 22.3. The Morgan fingerprint density at radius 2 is 1.71 bits per heavy atom. The maximum atomic E-state index is 13.2. The molecule has 2 heterocycles. The molecule has 0 aliphatic carbocycles. The number of aromatic nitrogens is 4. The predicted molar refractivity (Wildman–Crippen MR) is 122 cm³/mol. The Bertz CT molecular complexity index is 1350. The van der Waals surface area contributed by atoms with E-state index in [1.54, 1.807) is 11.6 Å². The average molecular weight is 415 g/mol. The Balaban J connectivity index is 1.76. The summed E-state index contributed by atoms with van der Waals surface area (Å²) in [6.07, 6.45) is 0. The summed E-state index contributed by atoms with van der Waals surface area (Å²) in [7, 11) is 0. The van der Waals surface area contributed by atoms with Crippen molar-refractivity contribution in [1.82, 2.24) is 19.6 Å². The zero-order valence-electron chi connectivity index (χ0n) is 18.3. The van der Waals surface area contributed by atoms with Gasteiger partial charge in [-0.25, -0.2) is 9.36 Å². The summed E-state index contributed by atoms with van der Waals surface area (Å²) in [5.41, 5.74) is 5.00. The van der Waals surface area contributed by atoms with Crippen LogP contribution in [0.15, 0.2) is 53.3 Å². The Hall–Kier alpha value is -3.74. The Morgan fingerprint density at radius 1 is 1.00 bits per heavy atom. The van der Waals surface area contributed by atoms with Crippen molar-refractivity contribution in [2.45, 2.75) is 40.7 Å². The predicted octanol–water partition coefficient (Wildman–Crippen LogP) is 4.02. The largest absolute Gasteiger partial charge is 0.324 e. The molecule has 2 aromatic heterocycles.